The Labute approximate surface area is 190 Å². The predicted molar refractivity (Wildman–Crippen MR) is 119 cm³/mol. The maximum atomic E-state index is 13.0. The third-order valence-electron chi connectivity index (χ3n) is 5.20. The molecule has 0 saturated carbocycles. The maximum absolute atomic E-state index is 13.0. The van der Waals surface area contributed by atoms with Crippen LogP contribution in [0.15, 0.2) is 18.2 Å². The number of carboxylic acid groups (broad SMARTS) is 1. The van der Waals surface area contributed by atoms with E-state index in [0.717, 1.165) is 5.56 Å². The number of amides is 1. The molecule has 1 fully saturated rings. The topological polar surface area (TPSA) is 114 Å². The third-order valence-corrected chi connectivity index (χ3v) is 5.20. The van der Waals surface area contributed by atoms with Crippen LogP contribution < -0.4 is 10.1 Å². The lowest BCUT2D eigenvalue weighted by Gasteiger charge is -2.40. The van der Waals surface area contributed by atoms with Crippen LogP contribution in [0.5, 0.6) is 5.75 Å². The van der Waals surface area contributed by atoms with E-state index in [-0.39, 0.29) is 22.8 Å². The van der Waals surface area contributed by atoms with Crippen LogP contribution in [0, 0.1) is 11.8 Å². The number of aliphatic hydroxyl groups excluding tert-OH is 1. The number of aliphatic hydroxyl groups is 1. The first kappa shape index (κ1) is 26.1. The molecule has 180 valence electrons. The van der Waals surface area contributed by atoms with E-state index in [1.54, 1.807) is 32.0 Å². The second-order valence-corrected chi connectivity index (χ2v) is 10.5. The highest BCUT2D eigenvalue weighted by Crippen LogP contribution is 2.33. The first-order valence-electron chi connectivity index (χ1n) is 10.9. The van der Waals surface area contributed by atoms with E-state index in [1.165, 1.54) is 0 Å². The van der Waals surface area contributed by atoms with Crippen LogP contribution in [0.2, 0.25) is 0 Å². The van der Waals surface area contributed by atoms with Crippen molar-refractivity contribution in [2.45, 2.75) is 91.6 Å². The van der Waals surface area contributed by atoms with Crippen molar-refractivity contribution in [1.29, 1.82) is 0 Å². The Morgan fingerprint density at radius 1 is 1.09 bits per heavy atom. The van der Waals surface area contributed by atoms with Crippen LogP contribution in [0.4, 0.5) is 0 Å². The molecule has 1 aliphatic rings. The van der Waals surface area contributed by atoms with Crippen molar-refractivity contribution in [2.24, 2.45) is 11.8 Å². The summed E-state index contributed by atoms with van der Waals surface area (Å²) in [6, 6.07) is 5.13. The highest BCUT2D eigenvalue weighted by Gasteiger charge is 2.45. The molecule has 0 aromatic heterocycles. The molecule has 1 amide bonds. The Balaban J connectivity index is 2.36. The molecule has 1 aromatic rings. The van der Waals surface area contributed by atoms with E-state index in [0.29, 0.717) is 6.61 Å². The summed E-state index contributed by atoms with van der Waals surface area (Å²) >= 11 is 0. The molecule has 0 spiro atoms. The van der Waals surface area contributed by atoms with Crippen molar-refractivity contribution in [3.63, 3.8) is 0 Å². The van der Waals surface area contributed by atoms with Gasteiger partial charge in [-0.2, -0.15) is 0 Å². The number of carbonyl (C=O) groups excluding carboxylic acids is 1. The van der Waals surface area contributed by atoms with Crippen molar-refractivity contribution in [3.05, 3.63) is 29.3 Å². The summed E-state index contributed by atoms with van der Waals surface area (Å²) in [6.45, 7) is 15.1. The number of hydrogen-bond acceptors (Lipinski definition) is 6. The minimum absolute atomic E-state index is 0.244. The molecule has 2 unspecified atom stereocenters. The first-order valence-corrected chi connectivity index (χ1v) is 10.9. The molecule has 8 heteroatoms. The maximum Gasteiger partial charge on any atom is 0.333 e. The van der Waals surface area contributed by atoms with Gasteiger partial charge < -0.3 is 29.7 Å². The molecule has 2 rings (SSSR count). The number of aliphatic carboxylic acids is 1. The fraction of sp³-hybridized carbons (Fsp3) is 0.667. The summed E-state index contributed by atoms with van der Waals surface area (Å²) in [5, 5.41) is 22.9. The van der Waals surface area contributed by atoms with Gasteiger partial charge in [-0.3, -0.25) is 4.79 Å². The zero-order chi connectivity index (χ0) is 24.4. The fourth-order valence-corrected chi connectivity index (χ4v) is 3.41. The second kappa shape index (κ2) is 9.77. The predicted octanol–water partition coefficient (Wildman–Crippen LogP) is 3.35. The molecule has 1 heterocycles. The third kappa shape index (κ3) is 6.92. The average Bonchev–Trinajstić information content (AvgIpc) is 2.65. The van der Waals surface area contributed by atoms with Gasteiger partial charge in [0.25, 0.3) is 5.91 Å². The summed E-state index contributed by atoms with van der Waals surface area (Å²) in [5.41, 5.74) is 0.264. The molecular formula is C24H37NO7. The largest absolute Gasteiger partial charge is 0.479 e. The Kier molecular flexibility index (Phi) is 7.96. The van der Waals surface area contributed by atoms with Crippen LogP contribution in [-0.2, 0) is 20.9 Å². The summed E-state index contributed by atoms with van der Waals surface area (Å²) < 4.78 is 17.5. The molecule has 0 aliphatic carbocycles. The molecule has 0 radical (unpaired) electrons. The molecule has 8 nitrogen and oxygen atoms in total. The summed E-state index contributed by atoms with van der Waals surface area (Å²) in [5.74, 6) is -2.35. The number of rotatable bonds is 6. The monoisotopic (exact) mass is 451 g/mol. The molecule has 1 aromatic carbocycles. The summed E-state index contributed by atoms with van der Waals surface area (Å²) in [4.78, 5) is 24.6. The minimum atomic E-state index is -1.21. The average molecular weight is 452 g/mol. The van der Waals surface area contributed by atoms with Crippen LogP contribution in [0.3, 0.4) is 0 Å². The van der Waals surface area contributed by atoms with Crippen molar-refractivity contribution in [2.75, 3.05) is 0 Å². The zero-order valence-corrected chi connectivity index (χ0v) is 20.3. The standard InChI is InChI=1S/C24H37NO7/c1-13-18(26)14(2)22(32-19(13)21(28)29)31-17-10-9-15(12-30-24(6,7)8)11-16(17)20(27)25-23(3,4)5/h9-11,13-14,18-19,22,26H,12H2,1-8H3,(H,25,27)(H,28,29)/t13?,14?,18-,19-,22+/m0/s1. The lowest BCUT2D eigenvalue weighted by atomic mass is 9.86. The number of carbonyl (C=O) groups is 2. The first-order chi connectivity index (χ1) is 14.6. The smallest absolute Gasteiger partial charge is 0.333 e. The van der Waals surface area contributed by atoms with Gasteiger partial charge in [-0.15, -0.1) is 0 Å². The summed E-state index contributed by atoms with van der Waals surface area (Å²) in [6.07, 6.45) is -3.17. The zero-order valence-electron chi connectivity index (χ0n) is 20.3. The van der Waals surface area contributed by atoms with Crippen molar-refractivity contribution >= 4 is 11.9 Å². The van der Waals surface area contributed by atoms with Crippen molar-refractivity contribution < 1.29 is 34.0 Å². The number of ether oxygens (including phenoxy) is 3. The van der Waals surface area contributed by atoms with Crippen LogP contribution >= 0.6 is 0 Å². The Bertz CT molecular complexity index is 825. The van der Waals surface area contributed by atoms with E-state index in [9.17, 15) is 19.8 Å². The fourth-order valence-electron chi connectivity index (χ4n) is 3.41. The number of nitrogens with one attached hydrogen (secondary N) is 1. The molecular weight excluding hydrogens is 414 g/mol. The quantitative estimate of drug-likeness (QED) is 0.608. The number of benzene rings is 1. The van der Waals surface area contributed by atoms with Gasteiger partial charge in [-0.1, -0.05) is 19.9 Å². The van der Waals surface area contributed by atoms with Crippen molar-refractivity contribution in [1.82, 2.24) is 5.32 Å². The van der Waals surface area contributed by atoms with Gasteiger partial charge in [0.1, 0.15) is 5.75 Å². The molecule has 5 atom stereocenters. The Morgan fingerprint density at radius 3 is 2.25 bits per heavy atom. The van der Waals surface area contributed by atoms with E-state index in [2.05, 4.69) is 5.32 Å². The van der Waals surface area contributed by atoms with Crippen LogP contribution in [-0.4, -0.2) is 51.7 Å². The van der Waals surface area contributed by atoms with Crippen molar-refractivity contribution in [3.8, 4) is 5.75 Å². The lowest BCUT2D eigenvalue weighted by molar-refractivity contribution is -0.234. The van der Waals surface area contributed by atoms with Gasteiger partial charge in [-0.05, 0) is 59.2 Å². The van der Waals surface area contributed by atoms with Gasteiger partial charge in [0.2, 0.25) is 6.29 Å². The second-order valence-electron chi connectivity index (χ2n) is 10.5. The van der Waals surface area contributed by atoms with Crippen LogP contribution in [0.25, 0.3) is 0 Å². The molecule has 3 N–H and O–H groups in total. The highest BCUT2D eigenvalue weighted by atomic mass is 16.7. The SMILES string of the molecule is CC1[C@H](Oc2ccc(COC(C)(C)C)cc2C(=O)NC(C)(C)C)O[C@H](C(=O)O)C(C)[C@@H]1O. The molecule has 1 saturated heterocycles. The molecule has 0 bridgehead atoms. The Hall–Kier alpha value is -2.16. The molecule has 1 aliphatic heterocycles. The van der Waals surface area contributed by atoms with Gasteiger partial charge in [0, 0.05) is 17.4 Å². The van der Waals surface area contributed by atoms with Gasteiger partial charge in [0.15, 0.2) is 6.10 Å². The van der Waals surface area contributed by atoms with E-state index in [1.807, 2.05) is 41.5 Å². The molecule has 32 heavy (non-hydrogen) atoms. The number of carboxylic acids is 1. The van der Waals surface area contributed by atoms with Gasteiger partial charge in [-0.25, -0.2) is 4.79 Å². The normalized spacial score (nSPS) is 26.5. The summed E-state index contributed by atoms with van der Waals surface area (Å²) in [7, 11) is 0. The highest BCUT2D eigenvalue weighted by molar-refractivity contribution is 5.97. The van der Waals surface area contributed by atoms with Gasteiger partial charge in [0.05, 0.1) is 23.9 Å². The van der Waals surface area contributed by atoms with Crippen LogP contribution in [0.1, 0.15) is 71.3 Å². The Morgan fingerprint density at radius 2 is 1.72 bits per heavy atom. The van der Waals surface area contributed by atoms with E-state index < -0.39 is 41.8 Å². The van der Waals surface area contributed by atoms with E-state index >= 15 is 0 Å². The number of hydrogen-bond donors (Lipinski definition) is 3. The van der Waals surface area contributed by atoms with E-state index in [4.69, 9.17) is 14.2 Å². The minimum Gasteiger partial charge on any atom is -0.479 e. The van der Waals surface area contributed by atoms with Gasteiger partial charge >= 0.3 is 5.97 Å². The lowest BCUT2D eigenvalue weighted by Crippen LogP contribution is -2.53.